The first-order valence-electron chi connectivity index (χ1n) is 6.53. The van der Waals surface area contributed by atoms with E-state index in [1.807, 2.05) is 18.2 Å². The third kappa shape index (κ3) is 5.70. The van der Waals surface area contributed by atoms with Crippen LogP contribution in [0, 0.1) is 0 Å². The molecule has 0 aliphatic carbocycles. The quantitative estimate of drug-likeness (QED) is 0.511. The van der Waals surface area contributed by atoms with E-state index in [1.54, 1.807) is 14.2 Å². The van der Waals surface area contributed by atoms with Gasteiger partial charge >= 0.3 is 8.56 Å². The molecule has 0 radical (unpaired) electrons. The van der Waals surface area contributed by atoms with E-state index in [-0.39, 0.29) is 0 Å². The van der Waals surface area contributed by atoms with E-state index in [4.69, 9.17) is 13.6 Å². The maximum Gasteiger partial charge on any atom is 0.334 e. The van der Waals surface area contributed by atoms with Crippen LogP contribution >= 0.6 is 0 Å². The highest BCUT2D eigenvalue weighted by atomic mass is 28.4. The first-order chi connectivity index (χ1) is 9.13. The zero-order chi connectivity index (χ0) is 14.1. The summed E-state index contributed by atoms with van der Waals surface area (Å²) in [5.41, 5.74) is 2.30. The Kier molecular flexibility index (Phi) is 7.01. The number of hydrogen-bond acceptors (Lipinski definition) is 3. The van der Waals surface area contributed by atoms with Crippen LogP contribution in [0.3, 0.4) is 0 Å². The van der Waals surface area contributed by atoms with Crippen LogP contribution < -0.4 is 0 Å². The Morgan fingerprint density at radius 2 is 2.00 bits per heavy atom. The van der Waals surface area contributed by atoms with Crippen molar-refractivity contribution in [2.45, 2.75) is 25.6 Å². The minimum atomic E-state index is -1.93. The number of ether oxygens (including phenoxy) is 1. The summed E-state index contributed by atoms with van der Waals surface area (Å²) in [7, 11) is 1.50. The Hall–Kier alpha value is -0.943. The van der Waals surface area contributed by atoms with Gasteiger partial charge in [0.25, 0.3) is 0 Å². The fourth-order valence-electron chi connectivity index (χ4n) is 1.78. The summed E-state index contributed by atoms with van der Waals surface area (Å²) >= 11 is 0. The summed E-state index contributed by atoms with van der Waals surface area (Å²) < 4.78 is 16.5. The summed E-state index contributed by atoms with van der Waals surface area (Å²) in [6.07, 6.45) is 2.81. The molecule has 3 nitrogen and oxygen atoms in total. The van der Waals surface area contributed by atoms with Crippen molar-refractivity contribution in [3.05, 3.63) is 42.0 Å². The Labute approximate surface area is 117 Å². The van der Waals surface area contributed by atoms with Crippen LogP contribution in [-0.2, 0) is 20.2 Å². The van der Waals surface area contributed by atoms with E-state index < -0.39 is 8.56 Å². The van der Waals surface area contributed by atoms with Crippen molar-refractivity contribution < 1.29 is 13.6 Å². The lowest BCUT2D eigenvalue weighted by molar-refractivity contribution is 0.118. The molecule has 0 bridgehead atoms. The average molecular weight is 280 g/mol. The fraction of sp³-hybridized carbons (Fsp3) is 0.467. The van der Waals surface area contributed by atoms with Crippen molar-refractivity contribution in [3.63, 3.8) is 0 Å². The van der Waals surface area contributed by atoms with Crippen molar-refractivity contribution in [2.24, 2.45) is 0 Å². The largest absolute Gasteiger partial charge is 0.398 e. The molecular weight excluding hydrogens is 256 g/mol. The average Bonchev–Trinajstić information content (AvgIpc) is 2.47. The van der Waals surface area contributed by atoms with Gasteiger partial charge in [-0.15, -0.1) is 0 Å². The second-order valence-corrected chi connectivity index (χ2v) is 8.23. The molecular formula is C15H24O3Si. The lowest BCUT2D eigenvalue weighted by atomic mass is 10.1. The van der Waals surface area contributed by atoms with Crippen LogP contribution in [0.4, 0.5) is 0 Å². The molecule has 106 valence electrons. The molecule has 0 aliphatic rings. The molecule has 1 aromatic carbocycles. The molecule has 0 saturated carbocycles. The van der Waals surface area contributed by atoms with Crippen molar-refractivity contribution in [1.82, 2.24) is 0 Å². The Bertz CT molecular complexity index is 389. The van der Waals surface area contributed by atoms with Gasteiger partial charge in [0.05, 0.1) is 6.61 Å². The molecule has 0 saturated heterocycles. The number of benzene rings is 1. The van der Waals surface area contributed by atoms with Crippen molar-refractivity contribution in [2.75, 3.05) is 20.8 Å². The maximum atomic E-state index is 5.68. The topological polar surface area (TPSA) is 27.7 Å². The molecule has 4 heteroatoms. The van der Waals surface area contributed by atoms with Crippen LogP contribution in [0.1, 0.15) is 17.5 Å². The van der Waals surface area contributed by atoms with E-state index in [0.29, 0.717) is 6.61 Å². The first-order valence-corrected chi connectivity index (χ1v) is 9.05. The minimum absolute atomic E-state index is 0.639. The van der Waals surface area contributed by atoms with E-state index >= 15 is 0 Å². The predicted octanol–water partition coefficient (Wildman–Crippen LogP) is 3.60. The van der Waals surface area contributed by atoms with Gasteiger partial charge in [0, 0.05) is 20.8 Å². The van der Waals surface area contributed by atoms with Gasteiger partial charge in [-0.1, -0.05) is 30.9 Å². The molecule has 0 heterocycles. The highest BCUT2D eigenvalue weighted by Crippen LogP contribution is 2.14. The second-order valence-electron chi connectivity index (χ2n) is 4.65. The van der Waals surface area contributed by atoms with E-state index in [2.05, 4.69) is 25.3 Å². The summed E-state index contributed by atoms with van der Waals surface area (Å²) in [5.74, 6) is 0. The molecule has 0 spiro atoms. The van der Waals surface area contributed by atoms with Crippen LogP contribution in [0.2, 0.25) is 12.6 Å². The van der Waals surface area contributed by atoms with Crippen molar-refractivity contribution in [1.29, 1.82) is 0 Å². The molecule has 0 fully saturated rings. The highest BCUT2D eigenvalue weighted by Gasteiger charge is 2.27. The Balaban J connectivity index is 2.25. The van der Waals surface area contributed by atoms with Gasteiger partial charge in [0.2, 0.25) is 0 Å². The molecule has 0 amide bonds. The van der Waals surface area contributed by atoms with Crippen LogP contribution in [0.25, 0.3) is 6.08 Å². The van der Waals surface area contributed by atoms with Crippen LogP contribution in [0.5, 0.6) is 0 Å². The van der Waals surface area contributed by atoms with Crippen molar-refractivity contribution >= 4 is 14.6 Å². The van der Waals surface area contributed by atoms with Gasteiger partial charge in [0.1, 0.15) is 0 Å². The molecule has 0 aliphatic heterocycles. The van der Waals surface area contributed by atoms with Gasteiger partial charge < -0.3 is 13.6 Å². The normalized spacial score (nSPS) is 11.5. The van der Waals surface area contributed by atoms with E-state index in [0.717, 1.165) is 24.6 Å². The van der Waals surface area contributed by atoms with Crippen LogP contribution in [0.15, 0.2) is 30.8 Å². The predicted molar refractivity (Wildman–Crippen MR) is 81.2 cm³/mol. The zero-order valence-electron chi connectivity index (χ0n) is 12.1. The SMILES string of the molecule is C=Cc1cccc(COCCC[Si](C)(OC)OC)c1. The summed E-state index contributed by atoms with van der Waals surface area (Å²) in [5, 5.41) is 0. The standard InChI is InChI=1S/C15H24O3Si/c1-5-14-8-6-9-15(12-14)13-18-10-7-11-19(4,16-2)17-3/h5-6,8-9,12H,1,7,10-11,13H2,2-4H3. The fourth-order valence-corrected chi connectivity index (χ4v) is 3.14. The number of hydrogen-bond donors (Lipinski definition) is 0. The van der Waals surface area contributed by atoms with Crippen molar-refractivity contribution in [3.8, 4) is 0 Å². The van der Waals surface area contributed by atoms with Gasteiger partial charge in [-0.05, 0) is 36.2 Å². The molecule has 0 unspecified atom stereocenters. The monoisotopic (exact) mass is 280 g/mol. The molecule has 1 rings (SSSR count). The highest BCUT2D eigenvalue weighted by molar-refractivity contribution is 6.65. The zero-order valence-corrected chi connectivity index (χ0v) is 13.1. The lowest BCUT2D eigenvalue weighted by Crippen LogP contribution is -2.36. The van der Waals surface area contributed by atoms with E-state index in [1.165, 1.54) is 5.56 Å². The second kappa shape index (κ2) is 8.27. The Morgan fingerprint density at radius 1 is 1.26 bits per heavy atom. The van der Waals surface area contributed by atoms with Gasteiger partial charge in [-0.3, -0.25) is 0 Å². The minimum Gasteiger partial charge on any atom is -0.398 e. The Morgan fingerprint density at radius 3 is 2.63 bits per heavy atom. The lowest BCUT2D eigenvalue weighted by Gasteiger charge is -2.22. The van der Waals surface area contributed by atoms with Gasteiger partial charge in [-0.25, -0.2) is 0 Å². The number of rotatable bonds is 9. The third-order valence-electron chi connectivity index (χ3n) is 3.24. The summed E-state index contributed by atoms with van der Waals surface area (Å²) in [6, 6.07) is 9.17. The third-order valence-corrected chi connectivity index (χ3v) is 6.23. The van der Waals surface area contributed by atoms with Gasteiger partial charge in [-0.2, -0.15) is 0 Å². The molecule has 0 N–H and O–H groups in total. The summed E-state index contributed by atoms with van der Waals surface area (Å²) in [4.78, 5) is 0. The maximum absolute atomic E-state index is 5.68. The molecule has 0 aromatic heterocycles. The van der Waals surface area contributed by atoms with E-state index in [9.17, 15) is 0 Å². The molecule has 0 atom stereocenters. The first kappa shape index (κ1) is 16.1. The molecule has 19 heavy (non-hydrogen) atoms. The summed E-state index contributed by atoms with van der Waals surface area (Å²) in [6.45, 7) is 7.20. The van der Waals surface area contributed by atoms with Crippen LogP contribution in [-0.4, -0.2) is 29.4 Å². The molecule has 1 aromatic rings. The van der Waals surface area contributed by atoms with Gasteiger partial charge in [0.15, 0.2) is 0 Å². The smallest absolute Gasteiger partial charge is 0.334 e.